The zero-order valence-electron chi connectivity index (χ0n) is 11.5. The molecular weight excluding hydrogens is 260 g/mol. The SMILES string of the molecule is COc1ccc2c(c1C1(C(=O)O)CCCC1)OCCO2. The summed E-state index contributed by atoms with van der Waals surface area (Å²) in [4.78, 5) is 11.9. The predicted molar refractivity (Wildman–Crippen MR) is 71.8 cm³/mol. The molecule has 1 aromatic rings. The number of carboxylic acids is 1. The second-order valence-electron chi connectivity index (χ2n) is 5.26. The Morgan fingerprint density at radius 1 is 1.25 bits per heavy atom. The molecule has 0 spiro atoms. The van der Waals surface area contributed by atoms with Crippen LogP contribution in [0.15, 0.2) is 12.1 Å². The average Bonchev–Trinajstić information content (AvgIpc) is 2.96. The zero-order chi connectivity index (χ0) is 14.2. The molecule has 1 aliphatic heterocycles. The maximum atomic E-state index is 11.9. The van der Waals surface area contributed by atoms with E-state index in [0.717, 1.165) is 12.8 Å². The number of carbonyl (C=O) groups is 1. The van der Waals surface area contributed by atoms with E-state index in [0.29, 0.717) is 48.9 Å². The number of methoxy groups -OCH3 is 1. The van der Waals surface area contributed by atoms with Gasteiger partial charge >= 0.3 is 5.97 Å². The third-order valence-corrected chi connectivity index (χ3v) is 4.24. The van der Waals surface area contributed by atoms with Crippen LogP contribution in [0.1, 0.15) is 31.2 Å². The lowest BCUT2D eigenvalue weighted by Gasteiger charge is -2.31. The smallest absolute Gasteiger partial charge is 0.314 e. The number of fused-ring (bicyclic) bond motifs is 1. The highest BCUT2D eigenvalue weighted by Gasteiger charge is 2.48. The summed E-state index contributed by atoms with van der Waals surface area (Å²) in [5.74, 6) is 0.911. The third-order valence-electron chi connectivity index (χ3n) is 4.24. The molecule has 5 heteroatoms. The molecule has 3 rings (SSSR count). The van der Waals surface area contributed by atoms with Crippen LogP contribution in [-0.4, -0.2) is 31.4 Å². The van der Waals surface area contributed by atoms with Crippen molar-refractivity contribution >= 4 is 5.97 Å². The molecule has 1 aromatic carbocycles. The molecule has 5 nitrogen and oxygen atoms in total. The second-order valence-corrected chi connectivity index (χ2v) is 5.26. The Hall–Kier alpha value is -1.91. The highest BCUT2D eigenvalue weighted by molar-refractivity contribution is 5.85. The van der Waals surface area contributed by atoms with E-state index < -0.39 is 11.4 Å². The minimum atomic E-state index is -0.919. The first kappa shape index (κ1) is 13.1. The van der Waals surface area contributed by atoms with Gasteiger partial charge in [-0.3, -0.25) is 4.79 Å². The molecule has 1 aliphatic carbocycles. The number of carboxylic acid groups (broad SMARTS) is 1. The fourth-order valence-electron chi connectivity index (χ4n) is 3.27. The normalized spacial score (nSPS) is 19.6. The van der Waals surface area contributed by atoms with Gasteiger partial charge in [-0.25, -0.2) is 0 Å². The maximum absolute atomic E-state index is 11.9. The largest absolute Gasteiger partial charge is 0.496 e. The van der Waals surface area contributed by atoms with Crippen molar-refractivity contribution in [2.24, 2.45) is 0 Å². The topological polar surface area (TPSA) is 65.0 Å². The lowest BCUT2D eigenvalue weighted by Crippen LogP contribution is -2.34. The van der Waals surface area contributed by atoms with Gasteiger partial charge in [0.05, 0.1) is 12.7 Å². The Balaban J connectivity index is 2.22. The van der Waals surface area contributed by atoms with E-state index in [1.165, 1.54) is 0 Å². The minimum Gasteiger partial charge on any atom is -0.496 e. The van der Waals surface area contributed by atoms with Gasteiger partial charge in [0.15, 0.2) is 11.5 Å². The van der Waals surface area contributed by atoms with E-state index >= 15 is 0 Å². The summed E-state index contributed by atoms with van der Waals surface area (Å²) in [5.41, 5.74) is -0.278. The summed E-state index contributed by atoms with van der Waals surface area (Å²) >= 11 is 0. The summed E-state index contributed by atoms with van der Waals surface area (Å²) in [6.45, 7) is 0.918. The van der Waals surface area contributed by atoms with Crippen molar-refractivity contribution in [2.45, 2.75) is 31.1 Å². The minimum absolute atomic E-state index is 0.433. The number of hydrogen-bond acceptors (Lipinski definition) is 4. The molecule has 0 unspecified atom stereocenters. The van der Waals surface area contributed by atoms with Crippen molar-refractivity contribution < 1.29 is 24.1 Å². The quantitative estimate of drug-likeness (QED) is 0.919. The molecule has 1 heterocycles. The van der Waals surface area contributed by atoms with E-state index in [1.54, 1.807) is 19.2 Å². The Morgan fingerprint density at radius 3 is 2.60 bits per heavy atom. The molecule has 1 saturated carbocycles. The van der Waals surface area contributed by atoms with Gasteiger partial charge in [-0.15, -0.1) is 0 Å². The van der Waals surface area contributed by atoms with Gasteiger partial charge in [0.25, 0.3) is 0 Å². The Morgan fingerprint density at radius 2 is 1.95 bits per heavy atom. The molecule has 2 aliphatic rings. The monoisotopic (exact) mass is 278 g/mol. The molecule has 0 atom stereocenters. The van der Waals surface area contributed by atoms with Gasteiger partial charge in [-0.05, 0) is 25.0 Å². The highest BCUT2D eigenvalue weighted by Crippen LogP contribution is 2.52. The van der Waals surface area contributed by atoms with Crippen molar-refractivity contribution in [3.63, 3.8) is 0 Å². The Bertz CT molecular complexity index is 531. The number of rotatable bonds is 3. The van der Waals surface area contributed by atoms with Crippen LogP contribution < -0.4 is 14.2 Å². The second kappa shape index (κ2) is 4.89. The van der Waals surface area contributed by atoms with Gasteiger partial charge in [-0.1, -0.05) is 12.8 Å². The van der Waals surface area contributed by atoms with Crippen LogP contribution in [0.4, 0.5) is 0 Å². The standard InChI is InChI=1S/C15H18O5/c1-18-10-4-5-11-13(20-9-8-19-11)12(10)15(14(16)17)6-2-3-7-15/h4-5H,2-3,6-9H2,1H3,(H,16,17). The number of aliphatic carboxylic acids is 1. The van der Waals surface area contributed by atoms with Gasteiger partial charge in [-0.2, -0.15) is 0 Å². The fraction of sp³-hybridized carbons (Fsp3) is 0.533. The summed E-state index contributed by atoms with van der Waals surface area (Å²) in [6, 6.07) is 3.55. The molecule has 0 radical (unpaired) electrons. The third kappa shape index (κ3) is 1.80. The lowest BCUT2D eigenvalue weighted by atomic mass is 9.77. The van der Waals surface area contributed by atoms with Crippen molar-refractivity contribution in [2.75, 3.05) is 20.3 Å². The Labute approximate surface area is 117 Å². The number of benzene rings is 1. The molecular formula is C15H18O5. The summed E-state index contributed by atoms with van der Waals surface area (Å²) < 4.78 is 16.7. The van der Waals surface area contributed by atoms with Gasteiger partial charge in [0, 0.05) is 0 Å². The summed E-state index contributed by atoms with van der Waals surface area (Å²) in [7, 11) is 1.55. The Kier molecular flexibility index (Phi) is 3.20. The van der Waals surface area contributed by atoms with Crippen molar-refractivity contribution in [3.05, 3.63) is 17.7 Å². The van der Waals surface area contributed by atoms with Crippen LogP contribution in [-0.2, 0) is 10.2 Å². The average molecular weight is 278 g/mol. The predicted octanol–water partition coefficient (Wildman–Crippen LogP) is 2.36. The van der Waals surface area contributed by atoms with Crippen LogP contribution in [0.5, 0.6) is 17.2 Å². The van der Waals surface area contributed by atoms with Crippen molar-refractivity contribution in [1.82, 2.24) is 0 Å². The fourth-order valence-corrected chi connectivity index (χ4v) is 3.27. The van der Waals surface area contributed by atoms with Gasteiger partial charge in [0.2, 0.25) is 0 Å². The van der Waals surface area contributed by atoms with Gasteiger partial charge < -0.3 is 19.3 Å². The first-order valence-electron chi connectivity index (χ1n) is 6.89. The van der Waals surface area contributed by atoms with Gasteiger partial charge in [0.1, 0.15) is 24.4 Å². The summed E-state index contributed by atoms with van der Waals surface area (Å²) in [5, 5.41) is 9.79. The number of ether oxygens (including phenoxy) is 3. The molecule has 1 fully saturated rings. The first-order chi connectivity index (χ1) is 9.69. The molecule has 108 valence electrons. The summed E-state index contributed by atoms with van der Waals surface area (Å²) in [6.07, 6.45) is 3.02. The van der Waals surface area contributed by atoms with Crippen LogP contribution in [0.3, 0.4) is 0 Å². The van der Waals surface area contributed by atoms with Crippen molar-refractivity contribution in [3.8, 4) is 17.2 Å². The first-order valence-corrected chi connectivity index (χ1v) is 6.89. The van der Waals surface area contributed by atoms with E-state index in [1.807, 2.05) is 0 Å². The molecule has 0 aromatic heterocycles. The van der Waals surface area contributed by atoms with Crippen LogP contribution in [0.25, 0.3) is 0 Å². The zero-order valence-corrected chi connectivity index (χ0v) is 11.5. The molecule has 0 saturated heterocycles. The molecule has 0 bridgehead atoms. The van der Waals surface area contributed by atoms with Crippen LogP contribution in [0, 0.1) is 0 Å². The maximum Gasteiger partial charge on any atom is 0.314 e. The molecule has 1 N–H and O–H groups in total. The molecule has 0 amide bonds. The van der Waals surface area contributed by atoms with E-state index in [2.05, 4.69) is 0 Å². The lowest BCUT2D eigenvalue weighted by molar-refractivity contribution is -0.143. The van der Waals surface area contributed by atoms with E-state index in [9.17, 15) is 9.90 Å². The van der Waals surface area contributed by atoms with Crippen molar-refractivity contribution in [1.29, 1.82) is 0 Å². The highest BCUT2D eigenvalue weighted by atomic mass is 16.6. The number of hydrogen-bond donors (Lipinski definition) is 1. The van der Waals surface area contributed by atoms with Crippen LogP contribution >= 0.6 is 0 Å². The van der Waals surface area contributed by atoms with Crippen LogP contribution in [0.2, 0.25) is 0 Å². The van der Waals surface area contributed by atoms with E-state index in [4.69, 9.17) is 14.2 Å². The molecule has 20 heavy (non-hydrogen) atoms. The van der Waals surface area contributed by atoms with E-state index in [-0.39, 0.29) is 0 Å².